The number of fused-ring (bicyclic) bond motifs is 1. The summed E-state index contributed by atoms with van der Waals surface area (Å²) in [6.07, 6.45) is 2.79. The van der Waals surface area contributed by atoms with Gasteiger partial charge >= 0.3 is 0 Å². The van der Waals surface area contributed by atoms with E-state index in [2.05, 4.69) is 30.1 Å². The van der Waals surface area contributed by atoms with E-state index in [0.29, 0.717) is 5.91 Å². The number of anilines is 1. The van der Waals surface area contributed by atoms with Crippen LogP contribution in [-0.4, -0.2) is 37.0 Å². The molecule has 2 unspecified atom stereocenters. The van der Waals surface area contributed by atoms with Crippen molar-refractivity contribution in [3.05, 3.63) is 29.8 Å². The molecule has 124 valence electrons. The zero-order chi connectivity index (χ0) is 14.1. The Labute approximate surface area is 144 Å². The molecule has 0 radical (unpaired) electrons. The van der Waals surface area contributed by atoms with Crippen molar-refractivity contribution in [1.29, 1.82) is 0 Å². The molecule has 0 saturated heterocycles. The number of para-hydroxylation sites is 1. The van der Waals surface area contributed by atoms with E-state index in [1.54, 1.807) is 0 Å². The topological polar surface area (TPSA) is 49.6 Å². The number of rotatable bonds is 1. The minimum Gasteiger partial charge on any atom is -0.373 e. The number of carbonyl (C=O) groups is 1. The lowest BCUT2D eigenvalue weighted by atomic mass is 10.1. The number of amides is 1. The van der Waals surface area contributed by atoms with Gasteiger partial charge in [0, 0.05) is 44.3 Å². The highest BCUT2D eigenvalue weighted by Crippen LogP contribution is 2.29. The van der Waals surface area contributed by atoms with Gasteiger partial charge in [-0.05, 0) is 30.9 Å². The van der Waals surface area contributed by atoms with Gasteiger partial charge in [-0.3, -0.25) is 4.79 Å². The predicted octanol–water partition coefficient (Wildman–Crippen LogP) is 2.44. The molecule has 1 aliphatic heterocycles. The molecule has 0 aromatic heterocycles. The number of hydrogen-bond donors (Lipinski definition) is 1. The molecule has 1 aliphatic carbocycles. The molecule has 1 amide bonds. The van der Waals surface area contributed by atoms with Crippen molar-refractivity contribution >= 4 is 36.4 Å². The molecule has 2 atom stereocenters. The van der Waals surface area contributed by atoms with Crippen molar-refractivity contribution in [3.63, 3.8) is 0 Å². The van der Waals surface area contributed by atoms with Crippen LogP contribution in [0.25, 0.3) is 0 Å². The molecule has 4 nitrogen and oxygen atoms in total. The van der Waals surface area contributed by atoms with Crippen LogP contribution in [0.15, 0.2) is 24.3 Å². The second-order valence-electron chi connectivity index (χ2n) is 6.08. The van der Waals surface area contributed by atoms with E-state index >= 15 is 0 Å². The van der Waals surface area contributed by atoms with Crippen molar-refractivity contribution in [2.75, 3.05) is 25.0 Å². The Balaban J connectivity index is 0.00000121. The van der Waals surface area contributed by atoms with Crippen molar-refractivity contribution in [1.82, 2.24) is 4.90 Å². The molecule has 0 bridgehead atoms. The van der Waals surface area contributed by atoms with E-state index in [1.807, 2.05) is 11.0 Å². The van der Waals surface area contributed by atoms with Gasteiger partial charge in [0.1, 0.15) is 0 Å². The van der Waals surface area contributed by atoms with E-state index in [9.17, 15) is 4.79 Å². The lowest BCUT2D eigenvalue weighted by molar-refractivity contribution is -0.135. The first-order chi connectivity index (χ1) is 9.65. The zero-order valence-corrected chi connectivity index (χ0v) is 14.5. The van der Waals surface area contributed by atoms with E-state index in [4.69, 9.17) is 5.73 Å². The minimum absolute atomic E-state index is 0. The second-order valence-corrected chi connectivity index (χ2v) is 6.08. The zero-order valence-electron chi connectivity index (χ0n) is 12.9. The van der Waals surface area contributed by atoms with Crippen LogP contribution in [0, 0.1) is 5.92 Å². The maximum atomic E-state index is 12.7. The van der Waals surface area contributed by atoms with E-state index in [-0.39, 0.29) is 36.8 Å². The smallest absolute Gasteiger partial charge is 0.226 e. The van der Waals surface area contributed by atoms with E-state index in [1.165, 1.54) is 11.3 Å². The second kappa shape index (κ2) is 8.04. The highest BCUT2D eigenvalue weighted by Gasteiger charge is 2.32. The first kappa shape index (κ1) is 19.1. The molecule has 2 aliphatic rings. The normalized spacial score (nSPS) is 23.9. The van der Waals surface area contributed by atoms with Crippen LogP contribution in [-0.2, 0) is 11.3 Å². The lowest BCUT2D eigenvalue weighted by Crippen LogP contribution is -2.38. The monoisotopic (exact) mass is 345 g/mol. The summed E-state index contributed by atoms with van der Waals surface area (Å²) in [5, 5.41) is 0. The van der Waals surface area contributed by atoms with E-state index in [0.717, 1.165) is 38.9 Å². The van der Waals surface area contributed by atoms with Crippen molar-refractivity contribution < 1.29 is 4.79 Å². The number of hydrogen-bond acceptors (Lipinski definition) is 3. The number of halogens is 2. The average molecular weight is 346 g/mol. The molecule has 0 spiro atoms. The number of nitrogens with two attached hydrogens (primary N) is 1. The van der Waals surface area contributed by atoms with Crippen LogP contribution in [0.4, 0.5) is 5.69 Å². The molecule has 1 fully saturated rings. The minimum atomic E-state index is 0. The first-order valence-corrected chi connectivity index (χ1v) is 7.48. The third kappa shape index (κ3) is 3.86. The quantitative estimate of drug-likeness (QED) is 0.850. The van der Waals surface area contributed by atoms with Crippen molar-refractivity contribution in [2.24, 2.45) is 11.7 Å². The Morgan fingerprint density at radius 3 is 2.59 bits per heavy atom. The van der Waals surface area contributed by atoms with Gasteiger partial charge in [-0.1, -0.05) is 18.2 Å². The van der Waals surface area contributed by atoms with E-state index < -0.39 is 0 Å². The predicted molar refractivity (Wildman–Crippen MR) is 94.9 cm³/mol. The third-order valence-electron chi connectivity index (χ3n) is 4.60. The fourth-order valence-corrected chi connectivity index (χ4v) is 3.38. The number of likely N-dealkylation sites (N-methyl/N-ethyl adjacent to an activating group) is 1. The molecule has 3 rings (SSSR count). The molecular formula is C16H25Cl2N3O. The summed E-state index contributed by atoms with van der Waals surface area (Å²) in [5.74, 6) is 0.434. The first-order valence-electron chi connectivity index (χ1n) is 7.48. The number of carbonyl (C=O) groups excluding carboxylic acids is 1. The van der Waals surface area contributed by atoms with Crippen molar-refractivity contribution in [3.8, 4) is 0 Å². The number of benzene rings is 1. The molecule has 1 saturated carbocycles. The average Bonchev–Trinajstić information content (AvgIpc) is 2.81. The Hall–Kier alpha value is -0.970. The fraction of sp³-hybridized carbons (Fsp3) is 0.562. The summed E-state index contributed by atoms with van der Waals surface area (Å²) in [5.41, 5.74) is 8.42. The summed E-state index contributed by atoms with van der Waals surface area (Å²) >= 11 is 0. The third-order valence-corrected chi connectivity index (χ3v) is 4.60. The Morgan fingerprint density at radius 1 is 1.18 bits per heavy atom. The molecule has 22 heavy (non-hydrogen) atoms. The summed E-state index contributed by atoms with van der Waals surface area (Å²) in [7, 11) is 2.10. The molecule has 1 heterocycles. The molecule has 1 aromatic carbocycles. The van der Waals surface area contributed by atoms with Crippen molar-refractivity contribution in [2.45, 2.75) is 31.8 Å². The maximum Gasteiger partial charge on any atom is 0.226 e. The van der Waals surface area contributed by atoms with Crippen LogP contribution >= 0.6 is 24.8 Å². The summed E-state index contributed by atoms with van der Waals surface area (Å²) in [4.78, 5) is 16.9. The fourth-order valence-electron chi connectivity index (χ4n) is 3.38. The van der Waals surface area contributed by atoms with Gasteiger partial charge in [-0.2, -0.15) is 0 Å². The summed E-state index contributed by atoms with van der Waals surface area (Å²) < 4.78 is 0. The summed E-state index contributed by atoms with van der Waals surface area (Å²) in [6, 6.07) is 8.58. The molecule has 6 heteroatoms. The highest BCUT2D eigenvalue weighted by molar-refractivity contribution is 5.85. The molecule has 2 N–H and O–H groups in total. The maximum absolute atomic E-state index is 12.7. The largest absolute Gasteiger partial charge is 0.373 e. The Kier molecular flexibility index (Phi) is 6.98. The van der Waals surface area contributed by atoms with Crippen LogP contribution in [0.2, 0.25) is 0 Å². The van der Waals surface area contributed by atoms with Gasteiger partial charge in [0.25, 0.3) is 0 Å². The molecular weight excluding hydrogens is 321 g/mol. The van der Waals surface area contributed by atoms with Gasteiger partial charge in [0.2, 0.25) is 5.91 Å². The highest BCUT2D eigenvalue weighted by atomic mass is 35.5. The van der Waals surface area contributed by atoms with Gasteiger partial charge in [0.15, 0.2) is 0 Å². The van der Waals surface area contributed by atoms with Gasteiger partial charge in [-0.15, -0.1) is 24.8 Å². The number of nitrogens with zero attached hydrogens (tertiary/aromatic N) is 2. The van der Waals surface area contributed by atoms with Crippen LogP contribution < -0.4 is 10.6 Å². The van der Waals surface area contributed by atoms with Crippen LogP contribution in [0.1, 0.15) is 24.8 Å². The van der Waals surface area contributed by atoms with Gasteiger partial charge in [-0.25, -0.2) is 0 Å². The van der Waals surface area contributed by atoms with Crippen LogP contribution in [0.5, 0.6) is 0 Å². The lowest BCUT2D eigenvalue weighted by Gasteiger charge is -2.24. The van der Waals surface area contributed by atoms with Crippen LogP contribution in [0.3, 0.4) is 0 Å². The van der Waals surface area contributed by atoms with Gasteiger partial charge < -0.3 is 15.5 Å². The van der Waals surface area contributed by atoms with Gasteiger partial charge in [0.05, 0.1) is 0 Å². The Bertz CT molecular complexity index is 512. The standard InChI is InChI=1S/C16H23N3O.2ClH/c1-18-8-9-19(11-13-4-2-3-5-15(13)18)16(20)12-6-7-14(17)10-12;;/h2-5,12,14H,6-11,17H2,1H3;2*1H. The molecule has 1 aromatic rings. The SMILES string of the molecule is CN1CCN(C(=O)C2CCC(N)C2)Cc2ccccc21.Cl.Cl. The summed E-state index contributed by atoms with van der Waals surface area (Å²) in [6.45, 7) is 2.42. The Morgan fingerprint density at radius 2 is 1.91 bits per heavy atom.